The van der Waals surface area contributed by atoms with E-state index in [2.05, 4.69) is 10.5 Å². The molecule has 0 bridgehead atoms. The van der Waals surface area contributed by atoms with Crippen molar-refractivity contribution in [2.75, 3.05) is 6.61 Å². The van der Waals surface area contributed by atoms with Crippen molar-refractivity contribution in [3.63, 3.8) is 0 Å². The van der Waals surface area contributed by atoms with Crippen molar-refractivity contribution < 1.29 is 13.9 Å². The van der Waals surface area contributed by atoms with Crippen molar-refractivity contribution in [3.05, 3.63) is 101 Å². The fourth-order valence-electron chi connectivity index (χ4n) is 3.05. The number of hydrogen-bond acceptors (Lipinski definition) is 4. The normalized spacial score (nSPS) is 10.9. The molecule has 32 heavy (non-hydrogen) atoms. The molecule has 5 nitrogen and oxygen atoms in total. The van der Waals surface area contributed by atoms with E-state index in [0.29, 0.717) is 32.9 Å². The Morgan fingerprint density at radius 3 is 2.50 bits per heavy atom. The molecule has 1 aromatic heterocycles. The molecule has 0 atom stereocenters. The van der Waals surface area contributed by atoms with Crippen LogP contribution in [0.4, 0.5) is 0 Å². The topological polar surface area (TPSA) is 63.8 Å². The third kappa shape index (κ3) is 5.19. The molecule has 3 aromatic carbocycles. The van der Waals surface area contributed by atoms with Gasteiger partial charge in [0.15, 0.2) is 6.61 Å². The SMILES string of the molecule is O=C(COc1ccccc1-c1ccccc1)N/N=C\c1ccc(-c2cccc(Cl)c2Cl)o1. The van der Waals surface area contributed by atoms with Gasteiger partial charge < -0.3 is 9.15 Å². The maximum absolute atomic E-state index is 12.2. The summed E-state index contributed by atoms with van der Waals surface area (Å²) in [4.78, 5) is 12.2. The van der Waals surface area contributed by atoms with Crippen LogP contribution in [0.25, 0.3) is 22.5 Å². The number of ether oxygens (including phenoxy) is 1. The van der Waals surface area contributed by atoms with E-state index in [4.69, 9.17) is 32.4 Å². The molecule has 4 rings (SSSR count). The first kappa shape index (κ1) is 21.7. The fraction of sp³-hybridized carbons (Fsp3) is 0.0400. The largest absolute Gasteiger partial charge is 0.483 e. The predicted octanol–water partition coefficient (Wildman–Crippen LogP) is 6.45. The van der Waals surface area contributed by atoms with Crippen LogP contribution in [0.3, 0.4) is 0 Å². The summed E-state index contributed by atoms with van der Waals surface area (Å²) < 4.78 is 11.4. The lowest BCUT2D eigenvalue weighted by Gasteiger charge is -2.10. The van der Waals surface area contributed by atoms with Crippen molar-refractivity contribution in [2.45, 2.75) is 0 Å². The van der Waals surface area contributed by atoms with Gasteiger partial charge in [0.25, 0.3) is 5.91 Å². The Morgan fingerprint density at radius 2 is 1.66 bits per heavy atom. The second-order valence-corrected chi connectivity index (χ2v) is 7.53. The summed E-state index contributed by atoms with van der Waals surface area (Å²) in [5.74, 6) is 1.22. The Balaban J connectivity index is 1.35. The number of nitrogens with one attached hydrogen (secondary N) is 1. The van der Waals surface area contributed by atoms with Gasteiger partial charge in [-0.25, -0.2) is 5.43 Å². The van der Waals surface area contributed by atoms with Crippen molar-refractivity contribution in [1.29, 1.82) is 0 Å². The number of halogens is 2. The summed E-state index contributed by atoms with van der Waals surface area (Å²) in [5, 5.41) is 4.78. The lowest BCUT2D eigenvalue weighted by atomic mass is 10.1. The van der Waals surface area contributed by atoms with Gasteiger partial charge in [-0.3, -0.25) is 4.79 Å². The molecule has 0 radical (unpaired) electrons. The van der Waals surface area contributed by atoms with Crippen LogP contribution in [0.15, 0.2) is 94.4 Å². The number of amides is 1. The second kappa shape index (κ2) is 10.2. The van der Waals surface area contributed by atoms with E-state index < -0.39 is 5.91 Å². The van der Waals surface area contributed by atoms with E-state index in [-0.39, 0.29) is 6.61 Å². The number of carbonyl (C=O) groups excluding carboxylic acids is 1. The summed E-state index contributed by atoms with van der Waals surface area (Å²) in [6.07, 6.45) is 1.40. The summed E-state index contributed by atoms with van der Waals surface area (Å²) in [6, 6.07) is 26.1. The number of rotatable bonds is 7. The van der Waals surface area contributed by atoms with Crippen molar-refractivity contribution in [3.8, 4) is 28.2 Å². The minimum atomic E-state index is -0.395. The molecular formula is C25H18Cl2N2O3. The van der Waals surface area contributed by atoms with Gasteiger partial charge in [-0.05, 0) is 35.9 Å². The zero-order valence-electron chi connectivity index (χ0n) is 16.8. The molecular weight excluding hydrogens is 447 g/mol. The maximum atomic E-state index is 12.2. The number of para-hydroxylation sites is 1. The number of carbonyl (C=O) groups is 1. The van der Waals surface area contributed by atoms with Crippen LogP contribution in [0.1, 0.15) is 5.76 Å². The molecule has 0 unspecified atom stereocenters. The van der Waals surface area contributed by atoms with Crippen LogP contribution in [-0.4, -0.2) is 18.7 Å². The maximum Gasteiger partial charge on any atom is 0.277 e. The third-order valence-electron chi connectivity index (χ3n) is 4.56. The first-order chi connectivity index (χ1) is 15.6. The van der Waals surface area contributed by atoms with Crippen LogP contribution >= 0.6 is 23.2 Å². The number of hydrazone groups is 1. The zero-order chi connectivity index (χ0) is 22.3. The highest BCUT2D eigenvalue weighted by Crippen LogP contribution is 2.34. The Morgan fingerprint density at radius 1 is 0.906 bits per heavy atom. The zero-order valence-corrected chi connectivity index (χ0v) is 18.3. The Bertz CT molecular complexity index is 1250. The summed E-state index contributed by atoms with van der Waals surface area (Å²) >= 11 is 12.3. The van der Waals surface area contributed by atoms with E-state index in [9.17, 15) is 4.79 Å². The lowest BCUT2D eigenvalue weighted by molar-refractivity contribution is -0.123. The summed E-state index contributed by atoms with van der Waals surface area (Å²) in [6.45, 7) is -0.178. The van der Waals surface area contributed by atoms with Gasteiger partial charge in [0, 0.05) is 11.1 Å². The van der Waals surface area contributed by atoms with Crippen molar-refractivity contribution in [2.24, 2.45) is 5.10 Å². The number of hydrogen-bond donors (Lipinski definition) is 1. The monoisotopic (exact) mass is 464 g/mol. The van der Waals surface area contributed by atoms with Gasteiger partial charge in [-0.1, -0.05) is 77.8 Å². The van der Waals surface area contributed by atoms with E-state index in [0.717, 1.165) is 11.1 Å². The molecule has 0 aliphatic heterocycles. The average molecular weight is 465 g/mol. The minimum Gasteiger partial charge on any atom is -0.483 e. The van der Waals surface area contributed by atoms with Crippen molar-refractivity contribution >= 4 is 35.3 Å². The summed E-state index contributed by atoms with van der Waals surface area (Å²) in [7, 11) is 0. The standard InChI is InChI=1S/C25H18Cl2N2O3/c26-21-11-6-10-20(25(21)27)23-14-13-18(32-23)15-28-29-24(30)16-31-22-12-5-4-9-19(22)17-7-2-1-3-8-17/h1-15H,16H2,(H,29,30)/b28-15-. The minimum absolute atomic E-state index is 0.178. The Hall–Kier alpha value is -3.54. The highest BCUT2D eigenvalue weighted by atomic mass is 35.5. The van der Waals surface area contributed by atoms with Gasteiger partial charge in [-0.15, -0.1) is 0 Å². The first-order valence-electron chi connectivity index (χ1n) is 9.75. The van der Waals surface area contributed by atoms with E-state index in [1.54, 1.807) is 30.3 Å². The molecule has 4 aromatic rings. The van der Waals surface area contributed by atoms with Gasteiger partial charge in [0.1, 0.15) is 17.3 Å². The van der Waals surface area contributed by atoms with Gasteiger partial charge in [0.05, 0.1) is 16.3 Å². The van der Waals surface area contributed by atoms with Crippen LogP contribution < -0.4 is 10.2 Å². The smallest absolute Gasteiger partial charge is 0.277 e. The summed E-state index contributed by atoms with van der Waals surface area (Å²) in [5.41, 5.74) is 5.02. The number of benzene rings is 3. The van der Waals surface area contributed by atoms with Crippen LogP contribution in [0.5, 0.6) is 5.75 Å². The third-order valence-corrected chi connectivity index (χ3v) is 5.37. The molecule has 1 heterocycles. The number of furan rings is 1. The quantitative estimate of drug-likeness (QED) is 0.252. The van der Waals surface area contributed by atoms with Crippen LogP contribution in [0.2, 0.25) is 10.0 Å². The molecule has 0 saturated carbocycles. The molecule has 7 heteroatoms. The van der Waals surface area contributed by atoms with Gasteiger partial charge in [-0.2, -0.15) is 5.10 Å². The number of nitrogens with zero attached hydrogens (tertiary/aromatic N) is 1. The lowest BCUT2D eigenvalue weighted by Crippen LogP contribution is -2.24. The highest BCUT2D eigenvalue weighted by Gasteiger charge is 2.11. The molecule has 0 spiro atoms. The fourth-order valence-corrected chi connectivity index (χ4v) is 3.45. The molecule has 0 saturated heterocycles. The molecule has 160 valence electrons. The van der Waals surface area contributed by atoms with Crippen LogP contribution in [-0.2, 0) is 4.79 Å². The first-order valence-corrected chi connectivity index (χ1v) is 10.5. The average Bonchev–Trinajstić information content (AvgIpc) is 3.29. The molecule has 0 fully saturated rings. The molecule has 0 aliphatic rings. The molecule has 1 N–H and O–H groups in total. The molecule has 0 aliphatic carbocycles. The van der Waals surface area contributed by atoms with Gasteiger partial charge >= 0.3 is 0 Å². The highest BCUT2D eigenvalue weighted by molar-refractivity contribution is 6.43. The van der Waals surface area contributed by atoms with E-state index in [1.165, 1.54) is 6.21 Å². The molecule has 1 amide bonds. The van der Waals surface area contributed by atoms with E-state index in [1.807, 2.05) is 54.6 Å². The Kier molecular flexibility index (Phi) is 6.90. The second-order valence-electron chi connectivity index (χ2n) is 6.75. The van der Waals surface area contributed by atoms with Gasteiger partial charge in [0.2, 0.25) is 0 Å². The Labute approximate surface area is 195 Å². The van der Waals surface area contributed by atoms with E-state index >= 15 is 0 Å². The van der Waals surface area contributed by atoms with Crippen LogP contribution in [0, 0.1) is 0 Å². The predicted molar refractivity (Wildman–Crippen MR) is 127 cm³/mol. The van der Waals surface area contributed by atoms with Crippen molar-refractivity contribution in [1.82, 2.24) is 5.43 Å².